The van der Waals surface area contributed by atoms with E-state index in [0.717, 1.165) is 37.5 Å². The van der Waals surface area contributed by atoms with Gasteiger partial charge in [-0.3, -0.25) is 0 Å². The van der Waals surface area contributed by atoms with Crippen LogP contribution in [0.25, 0.3) is 5.65 Å². The highest BCUT2D eigenvalue weighted by atomic mass is 15.4. The number of pyridine rings is 1. The van der Waals surface area contributed by atoms with Crippen LogP contribution in [-0.2, 0) is 0 Å². The van der Waals surface area contributed by atoms with Crippen LogP contribution in [0, 0.1) is 6.92 Å². The van der Waals surface area contributed by atoms with Crippen LogP contribution >= 0.6 is 0 Å². The van der Waals surface area contributed by atoms with E-state index >= 15 is 0 Å². The van der Waals surface area contributed by atoms with Gasteiger partial charge in [0.2, 0.25) is 5.95 Å². The second-order valence-corrected chi connectivity index (χ2v) is 4.74. The van der Waals surface area contributed by atoms with Gasteiger partial charge in [0.15, 0.2) is 5.65 Å². The van der Waals surface area contributed by atoms with Crippen molar-refractivity contribution in [3.8, 4) is 0 Å². The van der Waals surface area contributed by atoms with Crippen LogP contribution in [0.5, 0.6) is 0 Å². The molecule has 0 bridgehead atoms. The highest BCUT2D eigenvalue weighted by Gasteiger charge is 2.19. The minimum atomic E-state index is 0.338. The van der Waals surface area contributed by atoms with E-state index in [2.05, 4.69) is 21.9 Å². The first-order chi connectivity index (χ1) is 8.22. The summed E-state index contributed by atoms with van der Waals surface area (Å²) in [6.45, 7) is 3.97. The van der Waals surface area contributed by atoms with Gasteiger partial charge >= 0.3 is 0 Å². The molecule has 90 valence electrons. The molecule has 2 aromatic heterocycles. The summed E-state index contributed by atoms with van der Waals surface area (Å²) in [7, 11) is 0. The zero-order valence-electron chi connectivity index (χ0n) is 10.0. The van der Waals surface area contributed by atoms with Crippen LogP contribution in [0.2, 0.25) is 0 Å². The Kier molecular flexibility index (Phi) is 2.48. The standard InChI is InChI=1S/C12H17N5/c1-9-2-7-17-11(8-9)14-12(15-17)16-5-3-10(13)4-6-16/h2,7-8,10H,3-6,13H2,1H3. The fourth-order valence-corrected chi connectivity index (χ4v) is 2.21. The van der Waals surface area contributed by atoms with Crippen molar-refractivity contribution >= 4 is 11.6 Å². The zero-order chi connectivity index (χ0) is 11.8. The Morgan fingerprint density at radius 2 is 2.12 bits per heavy atom. The molecule has 0 saturated carbocycles. The lowest BCUT2D eigenvalue weighted by molar-refractivity contribution is 0.495. The van der Waals surface area contributed by atoms with E-state index in [0.29, 0.717) is 6.04 Å². The summed E-state index contributed by atoms with van der Waals surface area (Å²) in [5.41, 5.74) is 8.01. The second kappa shape index (κ2) is 4.00. The number of nitrogens with two attached hydrogens (primary N) is 1. The van der Waals surface area contributed by atoms with Gasteiger partial charge in [0.1, 0.15) is 0 Å². The average molecular weight is 231 g/mol. The van der Waals surface area contributed by atoms with Gasteiger partial charge < -0.3 is 10.6 Å². The smallest absolute Gasteiger partial charge is 0.245 e. The number of hydrogen-bond acceptors (Lipinski definition) is 4. The normalized spacial score (nSPS) is 17.9. The molecule has 1 saturated heterocycles. The zero-order valence-corrected chi connectivity index (χ0v) is 10.0. The number of anilines is 1. The summed E-state index contributed by atoms with van der Waals surface area (Å²) in [5.74, 6) is 0.822. The molecule has 3 heterocycles. The first kappa shape index (κ1) is 10.5. The topological polar surface area (TPSA) is 59.5 Å². The lowest BCUT2D eigenvalue weighted by Crippen LogP contribution is -2.40. The van der Waals surface area contributed by atoms with Crippen LogP contribution < -0.4 is 10.6 Å². The van der Waals surface area contributed by atoms with E-state index in [1.807, 2.05) is 22.8 Å². The van der Waals surface area contributed by atoms with Gasteiger partial charge in [-0.15, -0.1) is 5.10 Å². The van der Waals surface area contributed by atoms with Gasteiger partial charge in [-0.25, -0.2) is 4.52 Å². The molecule has 0 unspecified atom stereocenters. The molecule has 5 heteroatoms. The van der Waals surface area contributed by atoms with Crippen LogP contribution in [0.1, 0.15) is 18.4 Å². The van der Waals surface area contributed by atoms with Gasteiger partial charge in [0.25, 0.3) is 0 Å². The maximum atomic E-state index is 5.90. The average Bonchev–Trinajstić information content (AvgIpc) is 2.72. The van der Waals surface area contributed by atoms with E-state index in [4.69, 9.17) is 5.73 Å². The van der Waals surface area contributed by atoms with Crippen LogP contribution in [0.3, 0.4) is 0 Å². The van der Waals surface area contributed by atoms with Crippen molar-refractivity contribution < 1.29 is 0 Å². The van der Waals surface area contributed by atoms with Crippen molar-refractivity contribution in [3.05, 3.63) is 23.9 Å². The van der Waals surface area contributed by atoms with Crippen molar-refractivity contribution in [2.45, 2.75) is 25.8 Å². The molecule has 5 nitrogen and oxygen atoms in total. The van der Waals surface area contributed by atoms with E-state index < -0.39 is 0 Å². The molecule has 0 aliphatic carbocycles. The van der Waals surface area contributed by atoms with Gasteiger partial charge in [-0.2, -0.15) is 4.98 Å². The lowest BCUT2D eigenvalue weighted by atomic mass is 10.1. The Balaban J connectivity index is 1.90. The predicted octanol–water partition coefficient (Wildman–Crippen LogP) is 0.965. The number of nitrogens with zero attached hydrogens (tertiary/aromatic N) is 4. The third kappa shape index (κ3) is 1.98. The lowest BCUT2D eigenvalue weighted by Gasteiger charge is -2.28. The van der Waals surface area contributed by atoms with Crippen LogP contribution in [0.4, 0.5) is 5.95 Å². The molecule has 0 atom stereocenters. The Morgan fingerprint density at radius 3 is 2.88 bits per heavy atom. The van der Waals surface area contributed by atoms with E-state index in [1.165, 1.54) is 5.56 Å². The van der Waals surface area contributed by atoms with Gasteiger partial charge in [-0.1, -0.05) is 0 Å². The molecule has 1 fully saturated rings. The summed E-state index contributed by atoms with van der Waals surface area (Å²) >= 11 is 0. The Morgan fingerprint density at radius 1 is 1.35 bits per heavy atom. The summed E-state index contributed by atoms with van der Waals surface area (Å²) in [5, 5.41) is 4.49. The van der Waals surface area contributed by atoms with Crippen molar-refractivity contribution in [2.75, 3.05) is 18.0 Å². The summed E-state index contributed by atoms with van der Waals surface area (Å²) in [4.78, 5) is 6.77. The quantitative estimate of drug-likeness (QED) is 0.794. The molecule has 3 rings (SSSR count). The van der Waals surface area contributed by atoms with Gasteiger partial charge in [-0.05, 0) is 37.5 Å². The van der Waals surface area contributed by atoms with Crippen molar-refractivity contribution in [1.82, 2.24) is 14.6 Å². The highest BCUT2D eigenvalue weighted by Crippen LogP contribution is 2.16. The highest BCUT2D eigenvalue weighted by molar-refractivity contribution is 5.46. The minimum absolute atomic E-state index is 0.338. The molecule has 17 heavy (non-hydrogen) atoms. The summed E-state index contributed by atoms with van der Waals surface area (Å²) in [6, 6.07) is 4.43. The number of fused-ring (bicyclic) bond motifs is 1. The SMILES string of the molecule is Cc1ccn2nc(N3CCC(N)CC3)nc2c1. The van der Waals surface area contributed by atoms with E-state index in [1.54, 1.807) is 0 Å². The monoisotopic (exact) mass is 231 g/mol. The number of aryl methyl sites for hydroxylation is 1. The molecule has 0 spiro atoms. The maximum Gasteiger partial charge on any atom is 0.245 e. The van der Waals surface area contributed by atoms with Crippen molar-refractivity contribution in [2.24, 2.45) is 5.73 Å². The fourth-order valence-electron chi connectivity index (χ4n) is 2.21. The second-order valence-electron chi connectivity index (χ2n) is 4.74. The number of piperidine rings is 1. The van der Waals surface area contributed by atoms with E-state index in [-0.39, 0.29) is 0 Å². The largest absolute Gasteiger partial charge is 0.339 e. The molecular formula is C12H17N5. The van der Waals surface area contributed by atoms with Crippen LogP contribution in [0.15, 0.2) is 18.3 Å². The first-order valence-corrected chi connectivity index (χ1v) is 6.06. The third-order valence-corrected chi connectivity index (χ3v) is 3.30. The van der Waals surface area contributed by atoms with Gasteiger partial charge in [0, 0.05) is 25.3 Å². The predicted molar refractivity (Wildman–Crippen MR) is 67.1 cm³/mol. The van der Waals surface area contributed by atoms with Crippen LogP contribution in [-0.4, -0.2) is 33.7 Å². The summed E-state index contributed by atoms with van der Waals surface area (Å²) in [6.07, 6.45) is 4.00. The van der Waals surface area contributed by atoms with E-state index in [9.17, 15) is 0 Å². The number of aromatic nitrogens is 3. The fraction of sp³-hybridized carbons (Fsp3) is 0.500. The minimum Gasteiger partial charge on any atom is -0.339 e. The van der Waals surface area contributed by atoms with Crippen molar-refractivity contribution in [1.29, 1.82) is 0 Å². The summed E-state index contributed by atoms with van der Waals surface area (Å²) < 4.78 is 1.83. The van der Waals surface area contributed by atoms with Crippen molar-refractivity contribution in [3.63, 3.8) is 0 Å². The molecule has 0 amide bonds. The Bertz CT molecular complexity index is 525. The molecule has 2 aromatic rings. The molecule has 2 N–H and O–H groups in total. The number of rotatable bonds is 1. The Labute approximate surface area is 100 Å². The third-order valence-electron chi connectivity index (χ3n) is 3.30. The number of hydrogen-bond donors (Lipinski definition) is 1. The first-order valence-electron chi connectivity index (χ1n) is 6.06. The Hall–Kier alpha value is -1.62. The maximum absolute atomic E-state index is 5.90. The molecule has 1 aliphatic rings. The molecule has 0 radical (unpaired) electrons. The molecule has 0 aromatic carbocycles. The van der Waals surface area contributed by atoms with Gasteiger partial charge in [0.05, 0.1) is 0 Å². The molecule has 1 aliphatic heterocycles. The molecular weight excluding hydrogens is 214 g/mol.